The number of carboxylic acids is 1. The summed E-state index contributed by atoms with van der Waals surface area (Å²) in [7, 11) is 0. The van der Waals surface area contributed by atoms with Crippen molar-refractivity contribution in [1.82, 2.24) is 15.0 Å². The van der Waals surface area contributed by atoms with E-state index < -0.39 is 5.97 Å². The van der Waals surface area contributed by atoms with Crippen molar-refractivity contribution in [3.63, 3.8) is 0 Å². The van der Waals surface area contributed by atoms with Crippen molar-refractivity contribution in [2.45, 2.75) is 0 Å². The number of carboxylic acid groups (broad SMARTS) is 1. The minimum absolute atomic E-state index is 0.187. The molecule has 0 spiro atoms. The molecule has 0 amide bonds. The van der Waals surface area contributed by atoms with Gasteiger partial charge >= 0.3 is 5.97 Å². The predicted molar refractivity (Wildman–Crippen MR) is 43.8 cm³/mol. The first-order valence-corrected chi connectivity index (χ1v) is 3.27. The zero-order valence-corrected chi connectivity index (χ0v) is 6.51. The fourth-order valence-corrected chi connectivity index (χ4v) is 0.693. The van der Waals surface area contributed by atoms with Gasteiger partial charge in [-0.2, -0.15) is 10.2 Å². The van der Waals surface area contributed by atoms with Crippen molar-refractivity contribution >= 4 is 18.0 Å². The van der Waals surface area contributed by atoms with Crippen molar-refractivity contribution in [1.29, 1.82) is 5.41 Å². The molecule has 1 aromatic rings. The molecule has 0 bridgehead atoms. The van der Waals surface area contributed by atoms with E-state index in [1.807, 2.05) is 0 Å². The third kappa shape index (κ3) is 1.70. The molecule has 7 nitrogen and oxygen atoms in total. The van der Waals surface area contributed by atoms with Gasteiger partial charge in [-0.3, -0.25) is 0 Å². The second-order valence-corrected chi connectivity index (χ2v) is 2.07. The molecule has 0 fully saturated rings. The van der Waals surface area contributed by atoms with Gasteiger partial charge in [0.15, 0.2) is 5.82 Å². The van der Waals surface area contributed by atoms with Gasteiger partial charge in [0.05, 0.1) is 12.4 Å². The van der Waals surface area contributed by atoms with Gasteiger partial charge in [-0.25, -0.2) is 4.79 Å². The first-order valence-electron chi connectivity index (χ1n) is 3.27. The van der Waals surface area contributed by atoms with Crippen LogP contribution >= 0.6 is 0 Å². The van der Waals surface area contributed by atoms with Crippen LogP contribution in [0.2, 0.25) is 0 Å². The molecule has 7 heteroatoms. The minimum atomic E-state index is -1.29. The summed E-state index contributed by atoms with van der Waals surface area (Å²) in [5.41, 5.74) is 5.03. The number of aliphatic carboxylic acids is 1. The highest BCUT2D eigenvalue weighted by molar-refractivity contribution is 6.12. The SMILES string of the molecule is N=C/C(C(=O)O)=C(\N)n1nccn1. The van der Waals surface area contributed by atoms with Crippen LogP contribution in [0.15, 0.2) is 18.0 Å². The molecule has 0 aromatic carbocycles. The molecule has 0 saturated heterocycles. The van der Waals surface area contributed by atoms with E-state index in [2.05, 4.69) is 10.2 Å². The molecule has 4 N–H and O–H groups in total. The van der Waals surface area contributed by atoms with E-state index >= 15 is 0 Å². The zero-order valence-electron chi connectivity index (χ0n) is 6.51. The fourth-order valence-electron chi connectivity index (χ4n) is 0.693. The van der Waals surface area contributed by atoms with Crippen LogP contribution in [0, 0.1) is 5.41 Å². The maximum atomic E-state index is 10.5. The lowest BCUT2D eigenvalue weighted by molar-refractivity contribution is -0.131. The van der Waals surface area contributed by atoms with E-state index in [-0.39, 0.29) is 11.4 Å². The molecule has 0 radical (unpaired) electrons. The Kier molecular flexibility index (Phi) is 2.38. The van der Waals surface area contributed by atoms with Gasteiger partial charge in [-0.1, -0.05) is 0 Å². The largest absolute Gasteiger partial charge is 0.477 e. The van der Waals surface area contributed by atoms with Crippen molar-refractivity contribution < 1.29 is 9.90 Å². The van der Waals surface area contributed by atoms with Crippen molar-refractivity contribution in [3.8, 4) is 0 Å². The third-order valence-electron chi connectivity index (χ3n) is 1.28. The molecule has 68 valence electrons. The molecule has 0 saturated carbocycles. The summed E-state index contributed by atoms with van der Waals surface area (Å²) in [6.45, 7) is 0. The summed E-state index contributed by atoms with van der Waals surface area (Å²) < 4.78 is 0. The van der Waals surface area contributed by atoms with Crippen LogP contribution in [0.25, 0.3) is 5.82 Å². The minimum Gasteiger partial charge on any atom is -0.477 e. The Hall–Kier alpha value is -2.18. The lowest BCUT2D eigenvalue weighted by atomic mass is 10.3. The summed E-state index contributed by atoms with van der Waals surface area (Å²) in [6.07, 6.45) is 3.35. The normalized spacial score (nSPS) is 12.0. The molecular formula is C6H7N5O2. The first-order chi connectivity index (χ1) is 6.16. The van der Waals surface area contributed by atoms with Gasteiger partial charge in [-0.05, 0) is 0 Å². The Bertz CT molecular complexity index is 353. The molecule has 13 heavy (non-hydrogen) atoms. The van der Waals surface area contributed by atoms with Crippen LogP contribution in [0.1, 0.15) is 0 Å². The van der Waals surface area contributed by atoms with Crippen LogP contribution in [0.3, 0.4) is 0 Å². The van der Waals surface area contributed by atoms with Gasteiger partial charge in [-0.15, -0.1) is 4.80 Å². The van der Waals surface area contributed by atoms with Crippen molar-refractivity contribution in [2.24, 2.45) is 5.73 Å². The van der Waals surface area contributed by atoms with E-state index in [1.54, 1.807) is 0 Å². The lowest BCUT2D eigenvalue weighted by Crippen LogP contribution is -2.17. The Morgan fingerprint density at radius 1 is 1.54 bits per heavy atom. The highest BCUT2D eigenvalue weighted by Gasteiger charge is 2.11. The van der Waals surface area contributed by atoms with E-state index in [4.69, 9.17) is 16.2 Å². The molecule has 0 aliphatic carbocycles. The number of nitrogens with two attached hydrogens (primary N) is 1. The summed E-state index contributed by atoms with van der Waals surface area (Å²) in [5, 5.41) is 22.6. The van der Waals surface area contributed by atoms with Crippen LogP contribution < -0.4 is 5.73 Å². The van der Waals surface area contributed by atoms with Crippen molar-refractivity contribution in [2.75, 3.05) is 0 Å². The van der Waals surface area contributed by atoms with Crippen LogP contribution in [0.4, 0.5) is 0 Å². The van der Waals surface area contributed by atoms with Crippen molar-refractivity contribution in [3.05, 3.63) is 18.0 Å². The van der Waals surface area contributed by atoms with Gasteiger partial charge in [0.1, 0.15) is 5.57 Å². The Morgan fingerprint density at radius 2 is 2.08 bits per heavy atom. The molecule has 1 heterocycles. The molecule has 0 aliphatic rings. The molecule has 0 atom stereocenters. The van der Waals surface area contributed by atoms with E-state index in [9.17, 15) is 4.79 Å². The molecule has 1 rings (SSSR count). The fraction of sp³-hybridized carbons (Fsp3) is 0. The quantitative estimate of drug-likeness (QED) is 0.414. The summed E-state index contributed by atoms with van der Waals surface area (Å²) in [5.74, 6) is -1.47. The highest BCUT2D eigenvalue weighted by Crippen LogP contribution is 1.99. The highest BCUT2D eigenvalue weighted by atomic mass is 16.4. The van der Waals surface area contributed by atoms with Crippen LogP contribution in [0.5, 0.6) is 0 Å². The number of nitrogens with one attached hydrogen (secondary N) is 1. The predicted octanol–water partition coefficient (Wildman–Crippen LogP) is -0.860. The molecule has 1 aromatic heterocycles. The summed E-state index contributed by atoms with van der Waals surface area (Å²) in [4.78, 5) is 11.4. The van der Waals surface area contributed by atoms with Gasteiger partial charge < -0.3 is 16.2 Å². The number of hydrogen-bond donors (Lipinski definition) is 3. The number of nitrogens with zero attached hydrogens (tertiary/aromatic N) is 3. The lowest BCUT2D eigenvalue weighted by Gasteiger charge is -2.00. The average molecular weight is 181 g/mol. The average Bonchev–Trinajstić information content (AvgIpc) is 2.56. The maximum absolute atomic E-state index is 10.5. The van der Waals surface area contributed by atoms with E-state index in [0.717, 1.165) is 4.80 Å². The summed E-state index contributed by atoms with van der Waals surface area (Å²) in [6, 6.07) is 0. The molecular weight excluding hydrogens is 174 g/mol. The smallest absolute Gasteiger partial charge is 0.341 e. The molecule has 0 unspecified atom stereocenters. The van der Waals surface area contributed by atoms with E-state index in [1.165, 1.54) is 12.4 Å². The standard InChI is InChI=1S/C6H7N5O2/c7-3-4(6(12)13)5(8)11-9-1-2-10-11/h1-3,7H,8H2,(H,12,13)/b5-4-,7-3?. The topological polar surface area (TPSA) is 118 Å². The number of rotatable bonds is 3. The Morgan fingerprint density at radius 3 is 2.46 bits per heavy atom. The second kappa shape index (κ2) is 3.48. The second-order valence-electron chi connectivity index (χ2n) is 2.07. The van der Waals surface area contributed by atoms with E-state index in [0.29, 0.717) is 6.21 Å². The monoisotopic (exact) mass is 181 g/mol. The number of carbonyl (C=O) groups is 1. The number of aromatic nitrogens is 3. The number of hydrogen-bond acceptors (Lipinski definition) is 5. The Balaban J connectivity index is 3.16. The maximum Gasteiger partial charge on any atom is 0.341 e. The molecule has 0 aliphatic heterocycles. The first kappa shape index (κ1) is 8.91. The Labute approximate surface area is 73.0 Å². The van der Waals surface area contributed by atoms with Gasteiger partial charge in [0.25, 0.3) is 0 Å². The van der Waals surface area contributed by atoms with Gasteiger partial charge in [0.2, 0.25) is 0 Å². The van der Waals surface area contributed by atoms with Gasteiger partial charge in [0, 0.05) is 6.21 Å². The van der Waals surface area contributed by atoms with Crippen LogP contribution in [-0.4, -0.2) is 32.3 Å². The zero-order chi connectivity index (χ0) is 9.84. The van der Waals surface area contributed by atoms with Crippen LogP contribution in [-0.2, 0) is 4.79 Å². The summed E-state index contributed by atoms with van der Waals surface area (Å²) >= 11 is 0. The third-order valence-corrected chi connectivity index (χ3v) is 1.28.